The zero-order valence-electron chi connectivity index (χ0n) is 8.26. The van der Waals surface area contributed by atoms with Crippen LogP contribution in [0.5, 0.6) is 0 Å². The average molecular weight is 177 g/mol. The highest BCUT2D eigenvalue weighted by Crippen LogP contribution is 2.22. The fourth-order valence-electron chi connectivity index (χ4n) is 1.47. The molecule has 0 aliphatic heterocycles. The highest BCUT2D eigenvalue weighted by Gasteiger charge is 2.08. The van der Waals surface area contributed by atoms with Gasteiger partial charge in [-0.1, -0.05) is 12.1 Å². The molecular formula is C10H15N3. The van der Waals surface area contributed by atoms with E-state index in [1.54, 1.807) is 0 Å². The fraction of sp³-hybridized carbons (Fsp3) is 0.300. The Hall–Kier alpha value is -1.51. The summed E-state index contributed by atoms with van der Waals surface area (Å²) in [5.41, 5.74) is 8.43. The van der Waals surface area contributed by atoms with Gasteiger partial charge in [0, 0.05) is 19.7 Å². The number of nitrogens with two attached hydrogens (primary N) is 1. The first kappa shape index (κ1) is 9.58. The normalized spacial score (nSPS) is 9.77. The van der Waals surface area contributed by atoms with Crippen molar-refractivity contribution < 1.29 is 0 Å². The number of hydrogen-bond donors (Lipinski definition) is 2. The van der Waals surface area contributed by atoms with E-state index in [4.69, 9.17) is 11.1 Å². The van der Waals surface area contributed by atoms with Crippen molar-refractivity contribution in [2.24, 2.45) is 5.73 Å². The van der Waals surface area contributed by atoms with E-state index in [-0.39, 0.29) is 5.84 Å². The van der Waals surface area contributed by atoms with Gasteiger partial charge in [-0.2, -0.15) is 0 Å². The number of benzene rings is 1. The Morgan fingerprint density at radius 1 is 1.38 bits per heavy atom. The molecule has 0 fully saturated rings. The van der Waals surface area contributed by atoms with Crippen molar-refractivity contribution in [2.45, 2.75) is 6.92 Å². The summed E-state index contributed by atoms with van der Waals surface area (Å²) in [5.74, 6) is 0.118. The van der Waals surface area contributed by atoms with Crippen LogP contribution in [-0.4, -0.2) is 19.9 Å². The van der Waals surface area contributed by atoms with Crippen LogP contribution in [0, 0.1) is 12.3 Å². The van der Waals surface area contributed by atoms with Crippen LogP contribution in [-0.2, 0) is 0 Å². The summed E-state index contributed by atoms with van der Waals surface area (Å²) in [6.45, 7) is 2.02. The molecule has 1 aromatic rings. The molecule has 0 aromatic heterocycles. The number of nitrogens with zero attached hydrogens (tertiary/aromatic N) is 1. The maximum atomic E-state index is 7.42. The van der Waals surface area contributed by atoms with Gasteiger partial charge in [0.15, 0.2) is 0 Å². The van der Waals surface area contributed by atoms with Gasteiger partial charge in [0.05, 0.1) is 5.69 Å². The quantitative estimate of drug-likeness (QED) is 0.529. The van der Waals surface area contributed by atoms with Crippen LogP contribution >= 0.6 is 0 Å². The number of anilines is 1. The standard InChI is InChI=1S/C10H15N3/c1-7-5-4-6-8(10(11)12)9(7)13(2)3/h4-6H,1-3H3,(H3,11,12). The minimum absolute atomic E-state index is 0.118. The lowest BCUT2D eigenvalue weighted by Crippen LogP contribution is -2.19. The van der Waals surface area contributed by atoms with E-state index in [0.717, 1.165) is 16.8 Å². The summed E-state index contributed by atoms with van der Waals surface area (Å²) in [6.07, 6.45) is 0. The molecule has 0 unspecified atom stereocenters. The number of nitrogens with one attached hydrogen (secondary N) is 1. The van der Waals surface area contributed by atoms with Crippen LogP contribution in [0.1, 0.15) is 11.1 Å². The van der Waals surface area contributed by atoms with E-state index in [9.17, 15) is 0 Å². The van der Waals surface area contributed by atoms with Gasteiger partial charge in [-0.05, 0) is 18.6 Å². The number of nitrogen functional groups attached to an aromatic ring is 1. The molecule has 0 spiro atoms. The largest absolute Gasteiger partial charge is 0.384 e. The Balaban J connectivity index is 3.34. The molecule has 0 amide bonds. The van der Waals surface area contributed by atoms with E-state index in [1.165, 1.54) is 0 Å². The van der Waals surface area contributed by atoms with Crippen molar-refractivity contribution in [2.75, 3.05) is 19.0 Å². The Morgan fingerprint density at radius 3 is 2.38 bits per heavy atom. The maximum absolute atomic E-state index is 7.42. The Bertz CT molecular complexity index is 329. The van der Waals surface area contributed by atoms with E-state index in [0.29, 0.717) is 0 Å². The summed E-state index contributed by atoms with van der Waals surface area (Å²) in [4.78, 5) is 1.98. The highest BCUT2D eigenvalue weighted by molar-refractivity contribution is 6.01. The third-order valence-electron chi connectivity index (χ3n) is 1.98. The topological polar surface area (TPSA) is 53.1 Å². The molecule has 3 heteroatoms. The summed E-state index contributed by atoms with van der Waals surface area (Å²) >= 11 is 0. The fourth-order valence-corrected chi connectivity index (χ4v) is 1.47. The van der Waals surface area contributed by atoms with Gasteiger partial charge in [0.25, 0.3) is 0 Å². The third kappa shape index (κ3) is 1.80. The molecule has 0 bridgehead atoms. The Labute approximate surface area is 78.7 Å². The predicted octanol–water partition coefficient (Wildman–Crippen LogP) is 1.35. The monoisotopic (exact) mass is 177 g/mol. The van der Waals surface area contributed by atoms with Gasteiger partial charge in [0.1, 0.15) is 5.84 Å². The first-order valence-corrected chi connectivity index (χ1v) is 4.15. The molecule has 0 saturated heterocycles. The SMILES string of the molecule is Cc1cccc(C(=N)N)c1N(C)C. The zero-order chi connectivity index (χ0) is 10.0. The van der Waals surface area contributed by atoms with Crippen molar-refractivity contribution in [3.63, 3.8) is 0 Å². The molecular weight excluding hydrogens is 162 g/mol. The second-order valence-electron chi connectivity index (χ2n) is 3.28. The lowest BCUT2D eigenvalue weighted by molar-refractivity contribution is 1.11. The smallest absolute Gasteiger partial charge is 0.124 e. The molecule has 70 valence electrons. The molecule has 0 radical (unpaired) electrons. The molecule has 1 aromatic carbocycles. The van der Waals surface area contributed by atoms with Gasteiger partial charge in [0.2, 0.25) is 0 Å². The van der Waals surface area contributed by atoms with Gasteiger partial charge < -0.3 is 10.6 Å². The van der Waals surface area contributed by atoms with Crippen LogP contribution in [0.3, 0.4) is 0 Å². The maximum Gasteiger partial charge on any atom is 0.124 e. The van der Waals surface area contributed by atoms with Crippen LogP contribution in [0.2, 0.25) is 0 Å². The van der Waals surface area contributed by atoms with Gasteiger partial charge in [-0.3, -0.25) is 5.41 Å². The number of para-hydroxylation sites is 1. The Morgan fingerprint density at radius 2 is 2.00 bits per heavy atom. The highest BCUT2D eigenvalue weighted by atomic mass is 15.1. The molecule has 3 nitrogen and oxygen atoms in total. The molecule has 1 rings (SSSR count). The van der Waals surface area contributed by atoms with Crippen LogP contribution in [0.15, 0.2) is 18.2 Å². The van der Waals surface area contributed by atoms with E-state index in [1.807, 2.05) is 44.1 Å². The first-order valence-electron chi connectivity index (χ1n) is 4.15. The number of amidine groups is 1. The van der Waals surface area contributed by atoms with Crippen molar-refractivity contribution >= 4 is 11.5 Å². The molecule has 0 aliphatic rings. The number of hydrogen-bond acceptors (Lipinski definition) is 2. The van der Waals surface area contributed by atoms with E-state index in [2.05, 4.69) is 0 Å². The summed E-state index contributed by atoms with van der Waals surface area (Å²) in [5, 5.41) is 7.42. The molecule has 0 saturated carbocycles. The molecule has 3 N–H and O–H groups in total. The second kappa shape index (κ2) is 3.47. The molecule has 13 heavy (non-hydrogen) atoms. The second-order valence-corrected chi connectivity index (χ2v) is 3.28. The van der Waals surface area contributed by atoms with Crippen molar-refractivity contribution in [3.8, 4) is 0 Å². The minimum Gasteiger partial charge on any atom is -0.384 e. The summed E-state index contributed by atoms with van der Waals surface area (Å²) in [7, 11) is 3.91. The van der Waals surface area contributed by atoms with Crippen molar-refractivity contribution in [1.82, 2.24) is 0 Å². The van der Waals surface area contributed by atoms with E-state index < -0.39 is 0 Å². The van der Waals surface area contributed by atoms with Crippen molar-refractivity contribution in [1.29, 1.82) is 5.41 Å². The molecule has 0 heterocycles. The number of rotatable bonds is 2. The molecule has 0 atom stereocenters. The summed E-state index contributed by atoms with van der Waals surface area (Å²) < 4.78 is 0. The lowest BCUT2D eigenvalue weighted by atomic mass is 10.1. The van der Waals surface area contributed by atoms with Crippen LogP contribution in [0.4, 0.5) is 5.69 Å². The summed E-state index contributed by atoms with van der Waals surface area (Å²) in [6, 6.07) is 5.80. The zero-order valence-corrected chi connectivity index (χ0v) is 8.26. The van der Waals surface area contributed by atoms with Crippen LogP contribution in [0.25, 0.3) is 0 Å². The van der Waals surface area contributed by atoms with Gasteiger partial charge >= 0.3 is 0 Å². The lowest BCUT2D eigenvalue weighted by Gasteiger charge is -2.19. The van der Waals surface area contributed by atoms with E-state index >= 15 is 0 Å². The number of aryl methyl sites for hydroxylation is 1. The van der Waals surface area contributed by atoms with Crippen LogP contribution < -0.4 is 10.6 Å². The van der Waals surface area contributed by atoms with Gasteiger partial charge in [-0.25, -0.2) is 0 Å². The minimum atomic E-state index is 0.118. The van der Waals surface area contributed by atoms with Crippen molar-refractivity contribution in [3.05, 3.63) is 29.3 Å². The van der Waals surface area contributed by atoms with Gasteiger partial charge in [-0.15, -0.1) is 0 Å². The molecule has 0 aliphatic carbocycles. The predicted molar refractivity (Wildman–Crippen MR) is 56.5 cm³/mol. The average Bonchev–Trinajstić information content (AvgIpc) is 2.02. The first-order chi connectivity index (χ1) is 6.04. The third-order valence-corrected chi connectivity index (χ3v) is 1.98. The Kier molecular flexibility index (Phi) is 2.56.